The first-order valence-electron chi connectivity index (χ1n) is 8.83. The molecule has 2 aliphatic rings. The zero-order valence-electron chi connectivity index (χ0n) is 15.0. The number of hydrogen-bond donors (Lipinski definition) is 1. The minimum Gasteiger partial charge on any atom is -0.356 e. The Balaban J connectivity index is 1.57. The van der Waals surface area contributed by atoms with Gasteiger partial charge < -0.3 is 24.6 Å². The van der Waals surface area contributed by atoms with Gasteiger partial charge in [-0.15, -0.1) is 0 Å². The van der Waals surface area contributed by atoms with Crippen molar-refractivity contribution < 1.29 is 9.47 Å². The average molecular weight is 335 g/mol. The molecular weight excluding hydrogens is 306 g/mol. The minimum absolute atomic E-state index is 0.341. The van der Waals surface area contributed by atoms with Crippen molar-refractivity contribution in [1.29, 1.82) is 0 Å². The molecule has 0 unspecified atom stereocenters. The van der Waals surface area contributed by atoms with Gasteiger partial charge in [-0.05, 0) is 34.0 Å². The van der Waals surface area contributed by atoms with Crippen molar-refractivity contribution in [3.05, 3.63) is 11.8 Å². The van der Waals surface area contributed by atoms with Gasteiger partial charge in [0.2, 0.25) is 5.95 Å². The predicted molar refractivity (Wildman–Crippen MR) is 94.5 cm³/mol. The van der Waals surface area contributed by atoms with E-state index in [1.54, 1.807) is 0 Å². The molecule has 0 amide bonds. The fourth-order valence-corrected chi connectivity index (χ4v) is 3.25. The Morgan fingerprint density at radius 3 is 2.58 bits per heavy atom. The Bertz CT molecular complexity index is 536. The Morgan fingerprint density at radius 1 is 1.21 bits per heavy atom. The molecule has 0 aromatic carbocycles. The van der Waals surface area contributed by atoms with Crippen LogP contribution in [0.3, 0.4) is 0 Å². The molecule has 7 nitrogen and oxygen atoms in total. The van der Waals surface area contributed by atoms with E-state index < -0.39 is 0 Å². The molecule has 7 heteroatoms. The van der Waals surface area contributed by atoms with E-state index in [4.69, 9.17) is 14.5 Å². The lowest BCUT2D eigenvalue weighted by Crippen LogP contribution is -2.45. The molecule has 2 fully saturated rings. The molecule has 3 rings (SSSR count). The first-order valence-corrected chi connectivity index (χ1v) is 8.83. The van der Waals surface area contributed by atoms with Crippen molar-refractivity contribution in [3.8, 4) is 0 Å². The molecule has 1 aromatic heterocycles. The number of hydrogen-bond acceptors (Lipinski definition) is 7. The topological polar surface area (TPSA) is 62.8 Å². The molecule has 0 radical (unpaired) electrons. The van der Waals surface area contributed by atoms with Gasteiger partial charge in [0, 0.05) is 44.2 Å². The van der Waals surface area contributed by atoms with Crippen molar-refractivity contribution in [1.82, 2.24) is 14.9 Å². The summed E-state index contributed by atoms with van der Waals surface area (Å²) in [7, 11) is 4.17. The van der Waals surface area contributed by atoms with Crippen molar-refractivity contribution in [2.24, 2.45) is 0 Å². The van der Waals surface area contributed by atoms with Crippen LogP contribution in [-0.4, -0.2) is 74.1 Å². The van der Waals surface area contributed by atoms with Crippen LogP contribution in [0.2, 0.25) is 0 Å². The van der Waals surface area contributed by atoms with Gasteiger partial charge in [-0.1, -0.05) is 0 Å². The molecule has 134 valence electrons. The van der Waals surface area contributed by atoms with E-state index in [9.17, 15) is 0 Å². The molecule has 24 heavy (non-hydrogen) atoms. The van der Waals surface area contributed by atoms with Crippen molar-refractivity contribution >= 4 is 11.8 Å². The Labute approximate surface area is 144 Å². The highest BCUT2D eigenvalue weighted by molar-refractivity contribution is 5.45. The number of anilines is 2. The summed E-state index contributed by atoms with van der Waals surface area (Å²) in [6.07, 6.45) is 2.85. The number of nitrogens with one attached hydrogen (secondary N) is 1. The zero-order chi connectivity index (χ0) is 17.0. The van der Waals surface area contributed by atoms with Gasteiger partial charge in [-0.25, -0.2) is 4.98 Å². The van der Waals surface area contributed by atoms with Crippen LogP contribution in [0.5, 0.6) is 0 Å². The molecular formula is C17H29N5O2. The van der Waals surface area contributed by atoms with E-state index in [0.29, 0.717) is 13.2 Å². The first kappa shape index (κ1) is 17.4. The SMILES string of the molecule is Cc1cc(N2CCC3(CC2)OCCO3)nc(NCCCN(C)C)n1. The van der Waals surface area contributed by atoms with E-state index >= 15 is 0 Å². The summed E-state index contributed by atoms with van der Waals surface area (Å²) in [4.78, 5) is 13.7. The molecule has 0 aliphatic carbocycles. The Morgan fingerprint density at radius 2 is 1.92 bits per heavy atom. The molecule has 2 saturated heterocycles. The standard InChI is InChI=1S/C17H29N5O2/c1-14-13-15(20-16(19-14)18-7-4-8-21(2)3)22-9-5-17(6-10-22)23-11-12-24-17/h13H,4-12H2,1-3H3,(H,18,19,20). The molecule has 1 aromatic rings. The smallest absolute Gasteiger partial charge is 0.224 e. The number of nitrogens with zero attached hydrogens (tertiary/aromatic N) is 4. The van der Waals surface area contributed by atoms with Gasteiger partial charge in [0.05, 0.1) is 13.2 Å². The fraction of sp³-hybridized carbons (Fsp3) is 0.765. The second-order valence-electron chi connectivity index (χ2n) is 6.87. The largest absolute Gasteiger partial charge is 0.356 e. The molecule has 0 saturated carbocycles. The van der Waals surface area contributed by atoms with E-state index in [-0.39, 0.29) is 5.79 Å². The van der Waals surface area contributed by atoms with Gasteiger partial charge >= 0.3 is 0 Å². The zero-order valence-corrected chi connectivity index (χ0v) is 15.0. The van der Waals surface area contributed by atoms with E-state index in [2.05, 4.69) is 40.3 Å². The van der Waals surface area contributed by atoms with Gasteiger partial charge in [0.25, 0.3) is 0 Å². The summed E-state index contributed by atoms with van der Waals surface area (Å²) < 4.78 is 11.6. The maximum absolute atomic E-state index is 5.80. The third-order valence-electron chi connectivity index (χ3n) is 4.57. The van der Waals surface area contributed by atoms with Crippen LogP contribution in [-0.2, 0) is 9.47 Å². The predicted octanol–water partition coefficient (Wildman–Crippen LogP) is 1.49. The normalized spacial score (nSPS) is 20.1. The van der Waals surface area contributed by atoms with E-state index in [1.165, 1.54) is 0 Å². The minimum atomic E-state index is -0.341. The molecule has 2 aliphatic heterocycles. The number of aryl methyl sites for hydroxylation is 1. The van der Waals surface area contributed by atoms with Gasteiger partial charge in [-0.3, -0.25) is 0 Å². The number of aromatic nitrogens is 2. The van der Waals surface area contributed by atoms with Gasteiger partial charge in [-0.2, -0.15) is 4.98 Å². The summed E-state index contributed by atoms with van der Waals surface area (Å²) >= 11 is 0. The van der Waals surface area contributed by atoms with E-state index in [0.717, 1.165) is 62.9 Å². The summed E-state index contributed by atoms with van der Waals surface area (Å²) in [5, 5.41) is 3.34. The van der Waals surface area contributed by atoms with Crippen LogP contribution in [0, 0.1) is 6.92 Å². The van der Waals surface area contributed by atoms with Gasteiger partial charge in [0.15, 0.2) is 5.79 Å². The second kappa shape index (κ2) is 7.63. The van der Waals surface area contributed by atoms with Crippen LogP contribution < -0.4 is 10.2 Å². The summed E-state index contributed by atoms with van der Waals surface area (Å²) in [5.74, 6) is 1.37. The van der Waals surface area contributed by atoms with Crippen molar-refractivity contribution in [2.75, 3.05) is 63.7 Å². The quantitative estimate of drug-likeness (QED) is 0.790. The third-order valence-corrected chi connectivity index (χ3v) is 4.57. The van der Waals surface area contributed by atoms with Crippen LogP contribution in [0.4, 0.5) is 11.8 Å². The van der Waals surface area contributed by atoms with Crippen molar-refractivity contribution in [3.63, 3.8) is 0 Å². The number of ether oxygens (including phenoxy) is 2. The van der Waals surface area contributed by atoms with Crippen LogP contribution in [0.25, 0.3) is 0 Å². The molecule has 0 atom stereocenters. The number of rotatable bonds is 6. The van der Waals surface area contributed by atoms with Crippen molar-refractivity contribution in [2.45, 2.75) is 32.0 Å². The lowest BCUT2D eigenvalue weighted by atomic mass is 10.0. The van der Waals surface area contributed by atoms with Gasteiger partial charge in [0.1, 0.15) is 5.82 Å². The molecule has 0 bridgehead atoms. The lowest BCUT2D eigenvalue weighted by Gasteiger charge is -2.38. The highest BCUT2D eigenvalue weighted by Gasteiger charge is 2.40. The fourth-order valence-electron chi connectivity index (χ4n) is 3.25. The monoisotopic (exact) mass is 335 g/mol. The molecule has 3 heterocycles. The third kappa shape index (κ3) is 4.34. The Kier molecular flexibility index (Phi) is 5.53. The lowest BCUT2D eigenvalue weighted by molar-refractivity contribution is -0.169. The van der Waals surface area contributed by atoms with Crippen LogP contribution in [0.1, 0.15) is 25.0 Å². The van der Waals surface area contributed by atoms with Crippen LogP contribution in [0.15, 0.2) is 6.07 Å². The highest BCUT2D eigenvalue weighted by atomic mass is 16.7. The second-order valence-corrected chi connectivity index (χ2v) is 6.87. The van der Waals surface area contributed by atoms with Crippen LogP contribution >= 0.6 is 0 Å². The van der Waals surface area contributed by atoms with E-state index in [1.807, 2.05) is 6.92 Å². The maximum atomic E-state index is 5.80. The number of piperidine rings is 1. The molecule has 1 spiro atoms. The summed E-state index contributed by atoms with van der Waals surface area (Å²) in [5.41, 5.74) is 0.990. The maximum Gasteiger partial charge on any atom is 0.224 e. The summed E-state index contributed by atoms with van der Waals surface area (Å²) in [6.45, 7) is 7.19. The molecule has 1 N–H and O–H groups in total. The Hall–Kier alpha value is -1.44. The first-order chi connectivity index (χ1) is 11.6. The summed E-state index contributed by atoms with van der Waals surface area (Å²) in [6, 6.07) is 2.05. The average Bonchev–Trinajstić information content (AvgIpc) is 3.00. The highest BCUT2D eigenvalue weighted by Crippen LogP contribution is 2.32.